The van der Waals surface area contributed by atoms with E-state index >= 15 is 0 Å². The van der Waals surface area contributed by atoms with Gasteiger partial charge in [-0.3, -0.25) is 4.79 Å². The van der Waals surface area contributed by atoms with Gasteiger partial charge in [-0.1, -0.05) is 18.2 Å². The van der Waals surface area contributed by atoms with Crippen LogP contribution in [0.3, 0.4) is 0 Å². The minimum absolute atomic E-state index is 0.0415. The number of benzene rings is 1. The molecule has 0 aliphatic rings. The molecule has 0 spiro atoms. The maximum Gasteiger partial charge on any atom is 0.192 e. The van der Waals surface area contributed by atoms with Crippen LogP contribution in [0, 0.1) is 0 Å². The molecule has 0 aliphatic heterocycles. The van der Waals surface area contributed by atoms with Gasteiger partial charge in [-0.05, 0) is 30.5 Å². The van der Waals surface area contributed by atoms with Crippen LogP contribution in [0.5, 0.6) is 5.75 Å². The number of rotatable bonds is 8. The average molecular weight is 290 g/mol. The van der Waals surface area contributed by atoms with Crippen molar-refractivity contribution in [2.75, 3.05) is 19.8 Å². The van der Waals surface area contributed by atoms with Crippen LogP contribution in [0.4, 0.5) is 0 Å². The van der Waals surface area contributed by atoms with Crippen molar-refractivity contribution in [1.82, 2.24) is 0 Å². The first kappa shape index (κ1) is 14.8. The molecule has 3 nitrogen and oxygen atoms in total. The summed E-state index contributed by atoms with van der Waals surface area (Å²) in [5.74, 6) is 0.585. The van der Waals surface area contributed by atoms with Gasteiger partial charge in [-0.2, -0.15) is 0 Å². The van der Waals surface area contributed by atoms with Gasteiger partial charge in [0.15, 0.2) is 5.78 Å². The van der Waals surface area contributed by atoms with E-state index in [9.17, 15) is 4.79 Å². The molecule has 2 aromatic rings. The molecule has 4 heteroatoms. The molecule has 0 unspecified atom stereocenters. The Balaban J connectivity index is 1.82. The summed E-state index contributed by atoms with van der Waals surface area (Å²) in [6.07, 6.45) is 0.845. The molecule has 0 aliphatic carbocycles. The molecule has 0 atom stereocenters. The number of carbonyl (C=O) groups excluding carboxylic acids is 1. The van der Waals surface area contributed by atoms with Crippen LogP contribution in [0.25, 0.3) is 0 Å². The number of ether oxygens (including phenoxy) is 2. The van der Waals surface area contributed by atoms with E-state index < -0.39 is 0 Å². The predicted octanol–water partition coefficient (Wildman–Crippen LogP) is 3.59. The SMILES string of the molecule is CCOc1ccccc1C(=O)COCCc1cccs1. The number of hydrogen-bond donors (Lipinski definition) is 0. The zero-order chi connectivity index (χ0) is 14.2. The van der Waals surface area contributed by atoms with Crippen LogP contribution in [-0.2, 0) is 11.2 Å². The first-order valence-electron chi connectivity index (χ1n) is 6.66. The molecular weight excluding hydrogens is 272 g/mol. The van der Waals surface area contributed by atoms with Crippen LogP contribution in [-0.4, -0.2) is 25.6 Å². The summed E-state index contributed by atoms with van der Waals surface area (Å²) in [5, 5.41) is 2.04. The molecule has 0 saturated heterocycles. The van der Waals surface area contributed by atoms with Gasteiger partial charge in [0.2, 0.25) is 0 Å². The summed E-state index contributed by atoms with van der Waals surface area (Å²) in [4.78, 5) is 13.4. The van der Waals surface area contributed by atoms with Gasteiger partial charge in [0.1, 0.15) is 12.4 Å². The number of Topliss-reactive ketones (excluding diaryl/α,β-unsaturated/α-hetero) is 1. The third-order valence-electron chi connectivity index (χ3n) is 2.79. The van der Waals surface area contributed by atoms with E-state index in [1.807, 2.05) is 36.6 Å². The largest absolute Gasteiger partial charge is 0.493 e. The number of carbonyl (C=O) groups is 1. The first-order valence-corrected chi connectivity index (χ1v) is 7.54. The quantitative estimate of drug-likeness (QED) is 0.550. The van der Waals surface area contributed by atoms with Crippen molar-refractivity contribution in [1.29, 1.82) is 0 Å². The highest BCUT2D eigenvalue weighted by molar-refractivity contribution is 7.09. The maximum absolute atomic E-state index is 12.1. The zero-order valence-corrected chi connectivity index (χ0v) is 12.3. The van der Waals surface area contributed by atoms with Gasteiger partial charge < -0.3 is 9.47 Å². The van der Waals surface area contributed by atoms with E-state index in [-0.39, 0.29) is 12.4 Å². The second-order valence-corrected chi connectivity index (χ2v) is 5.27. The fourth-order valence-electron chi connectivity index (χ4n) is 1.85. The average Bonchev–Trinajstić information content (AvgIpc) is 2.97. The summed E-state index contributed by atoms with van der Waals surface area (Å²) in [6.45, 7) is 3.10. The standard InChI is InChI=1S/C16H18O3S/c1-2-19-16-8-4-3-7-14(16)15(17)12-18-10-9-13-6-5-11-20-13/h3-8,11H,2,9-10,12H2,1H3. The van der Waals surface area contributed by atoms with Crippen molar-refractivity contribution in [3.05, 3.63) is 52.2 Å². The molecule has 2 rings (SSSR count). The zero-order valence-electron chi connectivity index (χ0n) is 11.5. The van der Waals surface area contributed by atoms with E-state index in [1.54, 1.807) is 17.4 Å². The topological polar surface area (TPSA) is 35.5 Å². The Labute approximate surface area is 123 Å². The third-order valence-corrected chi connectivity index (χ3v) is 3.73. The number of hydrogen-bond acceptors (Lipinski definition) is 4. The second kappa shape index (κ2) is 7.82. The lowest BCUT2D eigenvalue weighted by Crippen LogP contribution is -2.12. The number of para-hydroxylation sites is 1. The van der Waals surface area contributed by atoms with Crippen LogP contribution in [0.1, 0.15) is 22.2 Å². The lowest BCUT2D eigenvalue weighted by atomic mass is 10.1. The first-order chi connectivity index (χ1) is 9.81. The van der Waals surface area contributed by atoms with Crippen LogP contribution in [0.15, 0.2) is 41.8 Å². The Bertz CT molecular complexity index is 534. The van der Waals surface area contributed by atoms with E-state index in [4.69, 9.17) is 9.47 Å². The van der Waals surface area contributed by atoms with Gasteiger partial charge >= 0.3 is 0 Å². The summed E-state index contributed by atoms with van der Waals surface area (Å²) in [6, 6.07) is 11.4. The third kappa shape index (κ3) is 4.18. The van der Waals surface area contributed by atoms with E-state index in [0.29, 0.717) is 24.5 Å². The van der Waals surface area contributed by atoms with Gasteiger partial charge in [0.25, 0.3) is 0 Å². The minimum atomic E-state index is -0.0415. The van der Waals surface area contributed by atoms with E-state index in [1.165, 1.54) is 4.88 Å². The van der Waals surface area contributed by atoms with Crippen LogP contribution >= 0.6 is 11.3 Å². The van der Waals surface area contributed by atoms with E-state index in [2.05, 4.69) is 6.07 Å². The molecule has 0 amide bonds. The highest BCUT2D eigenvalue weighted by Gasteiger charge is 2.11. The molecule has 0 N–H and O–H groups in total. The highest BCUT2D eigenvalue weighted by Crippen LogP contribution is 2.18. The molecular formula is C16H18O3S. The normalized spacial score (nSPS) is 10.4. The summed E-state index contributed by atoms with van der Waals surface area (Å²) >= 11 is 1.70. The minimum Gasteiger partial charge on any atom is -0.493 e. The van der Waals surface area contributed by atoms with Crippen molar-refractivity contribution < 1.29 is 14.3 Å². The molecule has 1 aromatic heterocycles. The summed E-state index contributed by atoms with van der Waals surface area (Å²) < 4.78 is 10.9. The molecule has 0 fully saturated rings. The fraction of sp³-hybridized carbons (Fsp3) is 0.312. The Morgan fingerprint density at radius 2 is 2.05 bits per heavy atom. The molecule has 0 bridgehead atoms. The number of ketones is 1. The van der Waals surface area contributed by atoms with Crippen molar-refractivity contribution in [3.8, 4) is 5.75 Å². The van der Waals surface area contributed by atoms with Gasteiger partial charge in [-0.25, -0.2) is 0 Å². The fourth-order valence-corrected chi connectivity index (χ4v) is 2.54. The Hall–Kier alpha value is -1.65. The van der Waals surface area contributed by atoms with Crippen molar-refractivity contribution >= 4 is 17.1 Å². The van der Waals surface area contributed by atoms with Crippen LogP contribution in [0.2, 0.25) is 0 Å². The van der Waals surface area contributed by atoms with Crippen molar-refractivity contribution in [2.45, 2.75) is 13.3 Å². The lowest BCUT2D eigenvalue weighted by molar-refractivity contribution is 0.0763. The highest BCUT2D eigenvalue weighted by atomic mass is 32.1. The monoisotopic (exact) mass is 290 g/mol. The smallest absolute Gasteiger partial charge is 0.192 e. The Morgan fingerprint density at radius 3 is 2.80 bits per heavy atom. The van der Waals surface area contributed by atoms with Crippen molar-refractivity contribution in [2.24, 2.45) is 0 Å². The Kier molecular flexibility index (Phi) is 5.77. The molecule has 1 heterocycles. The molecule has 0 radical (unpaired) electrons. The molecule has 0 saturated carbocycles. The summed E-state index contributed by atoms with van der Waals surface area (Å²) in [5.41, 5.74) is 0.588. The van der Waals surface area contributed by atoms with E-state index in [0.717, 1.165) is 6.42 Å². The summed E-state index contributed by atoms with van der Waals surface area (Å²) in [7, 11) is 0. The van der Waals surface area contributed by atoms with Crippen molar-refractivity contribution in [3.63, 3.8) is 0 Å². The maximum atomic E-state index is 12.1. The molecule has 20 heavy (non-hydrogen) atoms. The van der Waals surface area contributed by atoms with Gasteiger partial charge in [0.05, 0.1) is 18.8 Å². The molecule has 106 valence electrons. The predicted molar refractivity (Wildman–Crippen MR) is 80.8 cm³/mol. The number of thiophene rings is 1. The van der Waals surface area contributed by atoms with Crippen LogP contribution < -0.4 is 4.74 Å². The van der Waals surface area contributed by atoms with Gasteiger partial charge in [0, 0.05) is 11.3 Å². The second-order valence-electron chi connectivity index (χ2n) is 4.23. The lowest BCUT2D eigenvalue weighted by Gasteiger charge is -2.09. The Morgan fingerprint density at radius 1 is 1.20 bits per heavy atom. The molecule has 1 aromatic carbocycles. The van der Waals surface area contributed by atoms with Gasteiger partial charge in [-0.15, -0.1) is 11.3 Å².